The second-order valence-electron chi connectivity index (χ2n) is 7.22. The van der Waals surface area contributed by atoms with Gasteiger partial charge in [-0.15, -0.1) is 0 Å². The van der Waals surface area contributed by atoms with Crippen molar-refractivity contribution in [3.8, 4) is 0 Å². The lowest BCUT2D eigenvalue weighted by molar-refractivity contribution is 0.444. The van der Waals surface area contributed by atoms with Gasteiger partial charge in [0.05, 0.1) is 4.90 Å². The van der Waals surface area contributed by atoms with Crippen LogP contribution >= 0.6 is 0 Å². The molecule has 0 aliphatic carbocycles. The molecule has 1 atom stereocenters. The lowest BCUT2D eigenvalue weighted by atomic mass is 10.0. The van der Waals surface area contributed by atoms with Crippen LogP contribution in [0.3, 0.4) is 0 Å². The van der Waals surface area contributed by atoms with Crippen molar-refractivity contribution in [2.75, 3.05) is 29.9 Å². The first-order valence-electron chi connectivity index (χ1n) is 9.27. The van der Waals surface area contributed by atoms with Crippen LogP contribution in [0, 0.1) is 12.8 Å². The van der Waals surface area contributed by atoms with Crippen LogP contribution < -0.4 is 15.4 Å². The van der Waals surface area contributed by atoms with E-state index in [0.717, 1.165) is 42.5 Å². The van der Waals surface area contributed by atoms with Crippen LogP contribution in [0.4, 0.5) is 11.6 Å². The van der Waals surface area contributed by atoms with Gasteiger partial charge in [-0.05, 0) is 49.8 Å². The lowest BCUT2D eigenvalue weighted by Crippen LogP contribution is -2.35. The third-order valence-electron chi connectivity index (χ3n) is 4.78. The Hall–Kier alpha value is -2.19. The van der Waals surface area contributed by atoms with E-state index in [4.69, 9.17) is 5.14 Å². The average Bonchev–Trinajstić information content (AvgIpc) is 2.61. The van der Waals surface area contributed by atoms with Gasteiger partial charge >= 0.3 is 0 Å². The number of sulfonamides is 1. The predicted octanol–water partition coefficient (Wildman–Crippen LogP) is 2.32. The fraction of sp³-hybridized carbons (Fsp3) is 0.474. The molecule has 146 valence electrons. The van der Waals surface area contributed by atoms with Gasteiger partial charge in [0.1, 0.15) is 17.5 Å². The van der Waals surface area contributed by atoms with Crippen LogP contribution in [0.25, 0.3) is 0 Å². The number of rotatable bonds is 6. The number of hydrogen-bond donors (Lipinski definition) is 2. The number of anilines is 2. The van der Waals surface area contributed by atoms with E-state index in [1.54, 1.807) is 12.1 Å². The number of hydrogen-bond acceptors (Lipinski definition) is 6. The summed E-state index contributed by atoms with van der Waals surface area (Å²) in [5.74, 6) is 3.24. The van der Waals surface area contributed by atoms with E-state index in [0.29, 0.717) is 12.5 Å². The maximum atomic E-state index is 11.3. The van der Waals surface area contributed by atoms with Crippen LogP contribution in [-0.4, -0.2) is 38.0 Å². The summed E-state index contributed by atoms with van der Waals surface area (Å²) in [4.78, 5) is 11.5. The quantitative estimate of drug-likeness (QED) is 0.786. The number of primary sulfonamides is 1. The number of benzene rings is 1. The highest BCUT2D eigenvalue weighted by atomic mass is 32.2. The topological polar surface area (TPSA) is 101 Å². The standard InChI is InChI=1S/C19H27N5O2S/c1-14-4-3-11-24(13-14)19-12-18(22-15(2)23-19)21-10-9-16-5-7-17(8-6-16)27(20,25)26/h5-8,12,14H,3-4,9-11,13H2,1-2H3,(H2,20,25,26)(H,21,22,23). The minimum absolute atomic E-state index is 0.131. The zero-order valence-corrected chi connectivity index (χ0v) is 16.7. The summed E-state index contributed by atoms with van der Waals surface area (Å²) in [7, 11) is -3.64. The predicted molar refractivity (Wildman–Crippen MR) is 107 cm³/mol. The molecule has 0 amide bonds. The van der Waals surface area contributed by atoms with Gasteiger partial charge in [-0.2, -0.15) is 0 Å². The first kappa shape index (κ1) is 19.6. The van der Waals surface area contributed by atoms with Crippen molar-refractivity contribution < 1.29 is 8.42 Å². The summed E-state index contributed by atoms with van der Waals surface area (Å²) in [5, 5.41) is 8.47. The Morgan fingerprint density at radius 2 is 2.00 bits per heavy atom. The number of nitrogens with one attached hydrogen (secondary N) is 1. The summed E-state index contributed by atoms with van der Waals surface area (Å²) in [6.07, 6.45) is 3.22. The monoisotopic (exact) mass is 389 g/mol. The van der Waals surface area contributed by atoms with Crippen molar-refractivity contribution in [2.45, 2.75) is 38.0 Å². The number of nitrogens with two attached hydrogens (primary N) is 1. The van der Waals surface area contributed by atoms with Crippen molar-refractivity contribution in [1.29, 1.82) is 0 Å². The Morgan fingerprint density at radius 3 is 2.67 bits per heavy atom. The SMILES string of the molecule is Cc1nc(NCCc2ccc(S(N)(=O)=O)cc2)cc(N2CCCC(C)C2)n1. The van der Waals surface area contributed by atoms with E-state index in [1.165, 1.54) is 25.0 Å². The second-order valence-corrected chi connectivity index (χ2v) is 8.78. The smallest absolute Gasteiger partial charge is 0.238 e. The highest BCUT2D eigenvalue weighted by Gasteiger charge is 2.18. The Bertz CT molecular complexity index is 883. The van der Waals surface area contributed by atoms with Crippen LogP contribution in [0.2, 0.25) is 0 Å². The molecule has 3 N–H and O–H groups in total. The molecule has 1 aliphatic heterocycles. The fourth-order valence-corrected chi connectivity index (χ4v) is 3.90. The van der Waals surface area contributed by atoms with Crippen LogP contribution in [0.15, 0.2) is 35.2 Å². The van der Waals surface area contributed by atoms with E-state index >= 15 is 0 Å². The average molecular weight is 390 g/mol. The van der Waals surface area contributed by atoms with Crippen molar-refractivity contribution in [3.05, 3.63) is 41.7 Å². The first-order valence-corrected chi connectivity index (χ1v) is 10.8. The molecule has 1 aromatic heterocycles. The zero-order valence-electron chi connectivity index (χ0n) is 15.9. The van der Waals surface area contributed by atoms with Crippen LogP contribution in [-0.2, 0) is 16.4 Å². The molecule has 1 unspecified atom stereocenters. The van der Waals surface area contributed by atoms with Crippen molar-refractivity contribution >= 4 is 21.7 Å². The number of piperidine rings is 1. The fourth-order valence-electron chi connectivity index (χ4n) is 3.38. The third-order valence-corrected chi connectivity index (χ3v) is 5.71. The van der Waals surface area contributed by atoms with Gasteiger partial charge in [-0.1, -0.05) is 19.1 Å². The molecule has 1 aliphatic rings. The van der Waals surface area contributed by atoms with E-state index in [9.17, 15) is 8.42 Å². The summed E-state index contributed by atoms with van der Waals surface area (Å²) < 4.78 is 22.6. The molecule has 27 heavy (non-hydrogen) atoms. The zero-order chi connectivity index (χ0) is 19.4. The largest absolute Gasteiger partial charge is 0.370 e. The van der Waals surface area contributed by atoms with Gasteiger partial charge in [-0.3, -0.25) is 0 Å². The Labute approximate surface area is 161 Å². The number of nitrogens with zero attached hydrogens (tertiary/aromatic N) is 3. The molecule has 1 fully saturated rings. The number of aromatic nitrogens is 2. The molecule has 3 rings (SSSR count). The molecule has 8 heteroatoms. The summed E-state index contributed by atoms with van der Waals surface area (Å²) in [6, 6.07) is 8.65. The molecule has 1 aromatic carbocycles. The minimum atomic E-state index is -3.64. The summed E-state index contributed by atoms with van der Waals surface area (Å²) in [5.41, 5.74) is 1.03. The highest BCUT2D eigenvalue weighted by Crippen LogP contribution is 2.23. The maximum absolute atomic E-state index is 11.3. The molecule has 1 saturated heterocycles. The van der Waals surface area contributed by atoms with Crippen LogP contribution in [0.5, 0.6) is 0 Å². The van der Waals surface area contributed by atoms with Gasteiger partial charge in [0.15, 0.2) is 0 Å². The third kappa shape index (κ3) is 5.40. The van der Waals surface area contributed by atoms with E-state index < -0.39 is 10.0 Å². The van der Waals surface area contributed by atoms with E-state index in [-0.39, 0.29) is 4.90 Å². The van der Waals surface area contributed by atoms with Gasteiger partial charge < -0.3 is 10.2 Å². The molecule has 0 radical (unpaired) electrons. The number of aryl methyl sites for hydroxylation is 1. The van der Waals surface area contributed by atoms with E-state index in [2.05, 4.69) is 27.1 Å². The highest BCUT2D eigenvalue weighted by molar-refractivity contribution is 7.89. The molecule has 7 nitrogen and oxygen atoms in total. The Morgan fingerprint density at radius 1 is 1.26 bits per heavy atom. The molecular formula is C19H27N5O2S. The summed E-state index contributed by atoms with van der Waals surface area (Å²) in [6.45, 7) is 6.96. The molecule has 2 aromatic rings. The van der Waals surface area contributed by atoms with E-state index in [1.807, 2.05) is 13.0 Å². The normalized spacial score (nSPS) is 17.7. The lowest BCUT2D eigenvalue weighted by Gasteiger charge is -2.32. The van der Waals surface area contributed by atoms with Crippen LogP contribution in [0.1, 0.15) is 31.2 Å². The van der Waals surface area contributed by atoms with Crippen molar-refractivity contribution in [1.82, 2.24) is 9.97 Å². The Kier molecular flexibility index (Phi) is 5.96. The molecule has 2 heterocycles. The summed E-state index contributed by atoms with van der Waals surface area (Å²) >= 11 is 0. The molecular weight excluding hydrogens is 362 g/mol. The van der Waals surface area contributed by atoms with Gasteiger partial charge in [0.25, 0.3) is 0 Å². The molecule has 0 saturated carbocycles. The van der Waals surface area contributed by atoms with Gasteiger partial charge in [0, 0.05) is 25.7 Å². The van der Waals surface area contributed by atoms with Gasteiger partial charge in [-0.25, -0.2) is 23.5 Å². The van der Waals surface area contributed by atoms with Crippen molar-refractivity contribution in [3.63, 3.8) is 0 Å². The molecule has 0 bridgehead atoms. The second kappa shape index (κ2) is 8.22. The van der Waals surface area contributed by atoms with Gasteiger partial charge in [0.2, 0.25) is 10.0 Å². The maximum Gasteiger partial charge on any atom is 0.238 e. The molecule has 0 spiro atoms. The Balaban J connectivity index is 1.61. The van der Waals surface area contributed by atoms with Crippen molar-refractivity contribution in [2.24, 2.45) is 11.1 Å². The first-order chi connectivity index (χ1) is 12.8. The minimum Gasteiger partial charge on any atom is -0.370 e.